The summed E-state index contributed by atoms with van der Waals surface area (Å²) in [5.41, 5.74) is 0.605. The predicted octanol–water partition coefficient (Wildman–Crippen LogP) is 2.27. The van der Waals surface area contributed by atoms with Crippen molar-refractivity contribution in [3.8, 4) is 0 Å². The van der Waals surface area contributed by atoms with E-state index in [9.17, 15) is 15.2 Å². The molecule has 4 nitrogen and oxygen atoms in total. The number of nitro benzene ring substituents is 1. The molecule has 0 aliphatic heterocycles. The van der Waals surface area contributed by atoms with Crippen LogP contribution >= 0.6 is 11.6 Å². The quantitative estimate of drug-likeness (QED) is 0.636. The van der Waals surface area contributed by atoms with Gasteiger partial charge in [-0.05, 0) is 24.5 Å². The molecule has 1 aliphatic carbocycles. The molecule has 2 rings (SSSR count). The number of halogens is 1. The summed E-state index contributed by atoms with van der Waals surface area (Å²) in [7, 11) is 0. The summed E-state index contributed by atoms with van der Waals surface area (Å²) >= 11 is 5.79. The van der Waals surface area contributed by atoms with E-state index in [0.717, 1.165) is 18.4 Å². The molecular formula is C10H10ClNO3. The van der Waals surface area contributed by atoms with Crippen molar-refractivity contribution in [1.29, 1.82) is 0 Å². The van der Waals surface area contributed by atoms with Gasteiger partial charge in [0.2, 0.25) is 0 Å². The van der Waals surface area contributed by atoms with Crippen LogP contribution < -0.4 is 0 Å². The fourth-order valence-corrected chi connectivity index (χ4v) is 1.92. The molecule has 1 N–H and O–H groups in total. The molecule has 0 bridgehead atoms. The van der Waals surface area contributed by atoms with Crippen molar-refractivity contribution in [2.45, 2.75) is 18.3 Å². The molecule has 0 atom stereocenters. The van der Waals surface area contributed by atoms with Crippen LogP contribution in [0, 0.1) is 10.1 Å². The van der Waals surface area contributed by atoms with Gasteiger partial charge >= 0.3 is 0 Å². The van der Waals surface area contributed by atoms with Gasteiger partial charge in [-0.3, -0.25) is 10.1 Å². The molecule has 0 unspecified atom stereocenters. The summed E-state index contributed by atoms with van der Waals surface area (Å²) in [6.45, 7) is 0.0706. The SMILES string of the molecule is O=[N+]([O-])c1ccc(C2(CO)CC2)cc1Cl. The fourth-order valence-electron chi connectivity index (χ4n) is 1.67. The molecule has 0 heterocycles. The van der Waals surface area contributed by atoms with Crippen LogP contribution in [0.25, 0.3) is 0 Å². The number of nitro groups is 1. The van der Waals surface area contributed by atoms with E-state index >= 15 is 0 Å². The van der Waals surface area contributed by atoms with Gasteiger partial charge in [-0.15, -0.1) is 0 Å². The topological polar surface area (TPSA) is 63.4 Å². The molecule has 0 amide bonds. The van der Waals surface area contributed by atoms with E-state index in [1.165, 1.54) is 6.07 Å². The monoisotopic (exact) mass is 227 g/mol. The van der Waals surface area contributed by atoms with Gasteiger partial charge in [0, 0.05) is 11.5 Å². The first-order chi connectivity index (χ1) is 7.09. The standard InChI is InChI=1S/C10H10ClNO3/c11-8-5-7(10(6-13)3-4-10)1-2-9(8)12(14)15/h1-2,5,13H,3-4,6H2. The van der Waals surface area contributed by atoms with E-state index in [0.29, 0.717) is 0 Å². The van der Waals surface area contributed by atoms with Crippen molar-refractivity contribution >= 4 is 17.3 Å². The highest BCUT2D eigenvalue weighted by atomic mass is 35.5. The zero-order valence-electron chi connectivity index (χ0n) is 7.94. The Morgan fingerprint density at radius 1 is 1.53 bits per heavy atom. The van der Waals surface area contributed by atoms with Gasteiger partial charge in [-0.1, -0.05) is 17.7 Å². The van der Waals surface area contributed by atoms with E-state index in [1.54, 1.807) is 12.1 Å². The number of rotatable bonds is 3. The first-order valence-electron chi connectivity index (χ1n) is 4.64. The first-order valence-corrected chi connectivity index (χ1v) is 5.02. The van der Waals surface area contributed by atoms with Crippen LogP contribution in [0.5, 0.6) is 0 Å². The van der Waals surface area contributed by atoms with Gasteiger partial charge in [-0.25, -0.2) is 0 Å². The van der Waals surface area contributed by atoms with E-state index in [4.69, 9.17) is 11.6 Å². The number of hydrogen-bond acceptors (Lipinski definition) is 3. The molecule has 1 saturated carbocycles. The third-order valence-electron chi connectivity index (χ3n) is 2.91. The van der Waals surface area contributed by atoms with Gasteiger partial charge in [-0.2, -0.15) is 0 Å². The normalized spacial score (nSPS) is 17.5. The van der Waals surface area contributed by atoms with Crippen molar-refractivity contribution in [2.24, 2.45) is 0 Å². The number of nitrogens with zero attached hydrogens (tertiary/aromatic N) is 1. The van der Waals surface area contributed by atoms with Gasteiger partial charge in [0.05, 0.1) is 11.5 Å². The Bertz CT molecular complexity index is 415. The molecular weight excluding hydrogens is 218 g/mol. The van der Waals surface area contributed by atoms with Crippen LogP contribution in [0.4, 0.5) is 5.69 Å². The lowest BCUT2D eigenvalue weighted by Crippen LogP contribution is -2.11. The fraction of sp³-hybridized carbons (Fsp3) is 0.400. The minimum absolute atomic E-state index is 0.0706. The summed E-state index contributed by atoms with van der Waals surface area (Å²) in [5, 5.41) is 19.9. The lowest BCUT2D eigenvalue weighted by atomic mass is 9.97. The summed E-state index contributed by atoms with van der Waals surface area (Å²) in [5.74, 6) is 0. The Labute approximate surface area is 91.6 Å². The molecule has 0 radical (unpaired) electrons. The Balaban J connectivity index is 2.38. The molecule has 80 valence electrons. The summed E-state index contributed by atoms with van der Waals surface area (Å²) < 4.78 is 0. The molecule has 1 aromatic rings. The second-order valence-electron chi connectivity index (χ2n) is 3.86. The van der Waals surface area contributed by atoms with Crippen LogP contribution in [0.15, 0.2) is 18.2 Å². The summed E-state index contributed by atoms with van der Waals surface area (Å²) in [6.07, 6.45) is 1.83. The van der Waals surface area contributed by atoms with Crippen molar-refractivity contribution in [2.75, 3.05) is 6.61 Å². The Morgan fingerprint density at radius 2 is 2.20 bits per heavy atom. The minimum Gasteiger partial charge on any atom is -0.395 e. The van der Waals surface area contributed by atoms with Gasteiger partial charge < -0.3 is 5.11 Å². The highest BCUT2D eigenvalue weighted by Gasteiger charge is 2.44. The molecule has 1 fully saturated rings. The largest absolute Gasteiger partial charge is 0.395 e. The maximum Gasteiger partial charge on any atom is 0.287 e. The maximum atomic E-state index is 10.5. The highest BCUT2D eigenvalue weighted by molar-refractivity contribution is 6.32. The third kappa shape index (κ3) is 1.70. The first kappa shape index (κ1) is 10.4. The van der Waals surface area contributed by atoms with Crippen LogP contribution in [-0.4, -0.2) is 16.6 Å². The lowest BCUT2D eigenvalue weighted by Gasteiger charge is -2.11. The second-order valence-corrected chi connectivity index (χ2v) is 4.27. The zero-order chi connectivity index (χ0) is 11.1. The number of aliphatic hydroxyl groups excluding tert-OH is 1. The lowest BCUT2D eigenvalue weighted by molar-refractivity contribution is -0.384. The number of benzene rings is 1. The van der Waals surface area contributed by atoms with Crippen LogP contribution in [0.1, 0.15) is 18.4 Å². The molecule has 1 aliphatic rings. The van der Waals surface area contributed by atoms with Crippen LogP contribution in [0.3, 0.4) is 0 Å². The van der Waals surface area contributed by atoms with Gasteiger partial charge in [0.1, 0.15) is 5.02 Å². The average Bonchev–Trinajstić information content (AvgIpc) is 2.97. The van der Waals surface area contributed by atoms with Gasteiger partial charge in [0.25, 0.3) is 5.69 Å². The van der Waals surface area contributed by atoms with Crippen molar-refractivity contribution in [3.63, 3.8) is 0 Å². The Kier molecular flexibility index (Phi) is 2.40. The van der Waals surface area contributed by atoms with Crippen molar-refractivity contribution in [3.05, 3.63) is 38.9 Å². The van der Waals surface area contributed by atoms with E-state index in [1.807, 2.05) is 0 Å². The zero-order valence-corrected chi connectivity index (χ0v) is 8.70. The second kappa shape index (κ2) is 3.47. The highest BCUT2D eigenvalue weighted by Crippen LogP contribution is 2.48. The molecule has 0 aromatic heterocycles. The maximum absolute atomic E-state index is 10.5. The number of aliphatic hydroxyl groups is 1. The molecule has 15 heavy (non-hydrogen) atoms. The summed E-state index contributed by atoms with van der Waals surface area (Å²) in [4.78, 5) is 10.0. The molecule has 0 spiro atoms. The predicted molar refractivity (Wildman–Crippen MR) is 56.1 cm³/mol. The van der Waals surface area contributed by atoms with Crippen LogP contribution in [-0.2, 0) is 5.41 Å². The van der Waals surface area contributed by atoms with Gasteiger partial charge in [0.15, 0.2) is 0 Å². The van der Waals surface area contributed by atoms with E-state index < -0.39 is 4.92 Å². The van der Waals surface area contributed by atoms with E-state index in [-0.39, 0.29) is 22.7 Å². The molecule has 1 aromatic carbocycles. The summed E-state index contributed by atoms with van der Waals surface area (Å²) in [6, 6.07) is 4.66. The Hall–Kier alpha value is -1.13. The number of hydrogen-bond donors (Lipinski definition) is 1. The van der Waals surface area contributed by atoms with Crippen LogP contribution in [0.2, 0.25) is 5.02 Å². The van der Waals surface area contributed by atoms with Crippen molar-refractivity contribution in [1.82, 2.24) is 0 Å². The third-order valence-corrected chi connectivity index (χ3v) is 3.22. The molecule has 5 heteroatoms. The van der Waals surface area contributed by atoms with E-state index in [2.05, 4.69) is 0 Å². The van der Waals surface area contributed by atoms with Crippen molar-refractivity contribution < 1.29 is 10.0 Å². The smallest absolute Gasteiger partial charge is 0.287 e. The minimum atomic E-state index is -0.509. The Morgan fingerprint density at radius 3 is 2.60 bits per heavy atom. The molecule has 0 saturated heterocycles. The average molecular weight is 228 g/mol.